The summed E-state index contributed by atoms with van der Waals surface area (Å²) < 4.78 is 44.2. The van der Waals surface area contributed by atoms with Crippen LogP contribution in [0.4, 0.5) is 18.9 Å². The zero-order chi connectivity index (χ0) is 23.1. The Hall–Kier alpha value is -1.87. The van der Waals surface area contributed by atoms with Crippen LogP contribution in [-0.4, -0.2) is 47.7 Å². The van der Waals surface area contributed by atoms with E-state index in [4.69, 9.17) is 4.74 Å². The van der Waals surface area contributed by atoms with Crippen LogP contribution in [0.15, 0.2) is 12.3 Å². The number of carbonyl (C=O) groups excluding carboxylic acids is 1. The number of pyridine rings is 1. The van der Waals surface area contributed by atoms with E-state index >= 15 is 0 Å². The van der Waals surface area contributed by atoms with E-state index in [1.54, 1.807) is 0 Å². The Morgan fingerprint density at radius 2 is 1.91 bits per heavy atom. The number of anilines is 1. The van der Waals surface area contributed by atoms with Crippen molar-refractivity contribution in [3.63, 3.8) is 0 Å². The molecule has 1 saturated heterocycles. The van der Waals surface area contributed by atoms with Crippen LogP contribution in [0.1, 0.15) is 70.1 Å². The first kappa shape index (κ1) is 24.8. The molecule has 0 spiro atoms. The minimum Gasteiger partial charge on any atom is -0.381 e. The lowest BCUT2D eigenvalue weighted by Crippen LogP contribution is -2.45. The second kappa shape index (κ2) is 11.3. The van der Waals surface area contributed by atoms with Gasteiger partial charge in [0.1, 0.15) is 0 Å². The number of hydrazine groups is 1. The van der Waals surface area contributed by atoms with Gasteiger partial charge in [-0.05, 0) is 38.2 Å². The molecule has 2 atom stereocenters. The number of fused-ring (bicyclic) bond motifs is 1. The molecule has 2 aliphatic heterocycles. The highest BCUT2D eigenvalue weighted by Gasteiger charge is 2.36. The maximum atomic E-state index is 12.9. The monoisotopic (exact) mass is 456 g/mol. The van der Waals surface area contributed by atoms with Crippen molar-refractivity contribution < 1.29 is 22.7 Å². The fraction of sp³-hybridized carbons (Fsp3) is 0.739. The van der Waals surface area contributed by atoms with Crippen LogP contribution in [-0.2, 0) is 22.1 Å². The Morgan fingerprint density at radius 3 is 2.56 bits per heavy atom. The number of unbranched alkanes of at least 4 members (excludes halogenated alkanes) is 1. The predicted molar refractivity (Wildman–Crippen MR) is 117 cm³/mol. The van der Waals surface area contributed by atoms with Gasteiger partial charge < -0.3 is 10.1 Å². The summed E-state index contributed by atoms with van der Waals surface area (Å²) >= 11 is 0. The van der Waals surface area contributed by atoms with Gasteiger partial charge in [-0.3, -0.25) is 20.2 Å². The summed E-state index contributed by atoms with van der Waals surface area (Å²) in [6.45, 7) is 6.33. The van der Waals surface area contributed by atoms with Gasteiger partial charge in [-0.25, -0.2) is 0 Å². The fourth-order valence-electron chi connectivity index (χ4n) is 4.30. The van der Waals surface area contributed by atoms with Crippen molar-refractivity contribution in [1.82, 2.24) is 15.3 Å². The number of amides is 1. The van der Waals surface area contributed by atoms with Crippen molar-refractivity contribution in [3.8, 4) is 0 Å². The topological polar surface area (TPSA) is 66.5 Å². The van der Waals surface area contributed by atoms with E-state index in [-0.39, 0.29) is 17.5 Å². The summed E-state index contributed by atoms with van der Waals surface area (Å²) in [7, 11) is 0. The lowest BCUT2D eigenvalue weighted by Gasteiger charge is -2.32. The van der Waals surface area contributed by atoms with Gasteiger partial charge in [0.2, 0.25) is 5.91 Å². The first-order chi connectivity index (χ1) is 15.3. The predicted octanol–water partition coefficient (Wildman–Crippen LogP) is 4.56. The zero-order valence-corrected chi connectivity index (χ0v) is 19.0. The van der Waals surface area contributed by atoms with E-state index in [1.807, 2.05) is 0 Å². The first-order valence-corrected chi connectivity index (χ1v) is 11.8. The van der Waals surface area contributed by atoms with Crippen molar-refractivity contribution in [1.29, 1.82) is 0 Å². The number of nitrogens with one attached hydrogen (secondary N) is 2. The Morgan fingerprint density at radius 1 is 1.19 bits per heavy atom. The van der Waals surface area contributed by atoms with Crippen molar-refractivity contribution in [2.75, 3.05) is 25.2 Å². The Bertz CT molecular complexity index is 751. The van der Waals surface area contributed by atoms with Gasteiger partial charge in [-0.1, -0.05) is 26.7 Å². The maximum Gasteiger partial charge on any atom is 0.417 e. The summed E-state index contributed by atoms with van der Waals surface area (Å²) in [5.74, 6) is -0.149. The lowest BCUT2D eigenvalue weighted by molar-refractivity contribution is -0.137. The van der Waals surface area contributed by atoms with Gasteiger partial charge in [-0.2, -0.15) is 13.2 Å². The van der Waals surface area contributed by atoms with E-state index < -0.39 is 11.7 Å². The highest BCUT2D eigenvalue weighted by atomic mass is 19.4. The second-order valence-corrected chi connectivity index (χ2v) is 8.83. The summed E-state index contributed by atoms with van der Waals surface area (Å²) in [4.78, 5) is 16.8. The van der Waals surface area contributed by atoms with Gasteiger partial charge in [-0.15, -0.1) is 0 Å². The number of hydrogen-bond acceptors (Lipinski definition) is 5. The van der Waals surface area contributed by atoms with Crippen LogP contribution in [0.3, 0.4) is 0 Å². The Labute approximate surface area is 188 Å². The van der Waals surface area contributed by atoms with Crippen LogP contribution in [0.5, 0.6) is 0 Å². The van der Waals surface area contributed by atoms with Crippen molar-refractivity contribution in [3.05, 3.63) is 23.5 Å². The minimum atomic E-state index is -4.45. The number of aromatic nitrogens is 1. The number of rotatable bonds is 4. The van der Waals surface area contributed by atoms with Crippen LogP contribution >= 0.6 is 0 Å². The summed E-state index contributed by atoms with van der Waals surface area (Å²) in [6.07, 6.45) is 3.97. The molecule has 0 radical (unpaired) electrons. The standard InChI is InChI=1S/C19H25F3N4O2.C4H10/c20-19(21,22)13-10-17-16(23-11-13)3-6-26(25-17)18(27)12-1-2-15(9-12)24-14-4-7-28-8-5-14;1-3-4-2/h10-12,14-15,24-25H,1-9H2;3-4H2,1-2H3. The molecule has 1 aromatic heterocycles. The number of halogens is 3. The molecule has 3 heterocycles. The maximum absolute atomic E-state index is 12.9. The average molecular weight is 457 g/mol. The van der Waals surface area contributed by atoms with Crippen LogP contribution in [0, 0.1) is 5.92 Å². The molecule has 2 unspecified atom stereocenters. The first-order valence-electron chi connectivity index (χ1n) is 11.8. The van der Waals surface area contributed by atoms with Gasteiger partial charge in [0.25, 0.3) is 0 Å². The molecule has 1 amide bonds. The molecule has 1 aromatic rings. The molecular weight excluding hydrogens is 421 g/mol. The molecule has 4 rings (SSSR count). The molecule has 1 aliphatic carbocycles. The number of carbonyl (C=O) groups is 1. The van der Waals surface area contributed by atoms with Crippen molar-refractivity contribution in [2.45, 2.75) is 83.5 Å². The fourth-order valence-corrected chi connectivity index (χ4v) is 4.30. The van der Waals surface area contributed by atoms with Gasteiger partial charge in [0.15, 0.2) is 0 Å². The third-order valence-corrected chi connectivity index (χ3v) is 6.37. The van der Waals surface area contributed by atoms with Crippen molar-refractivity contribution in [2.24, 2.45) is 5.92 Å². The van der Waals surface area contributed by atoms with E-state index in [1.165, 1.54) is 17.9 Å². The third kappa shape index (κ3) is 6.57. The lowest BCUT2D eigenvalue weighted by atomic mass is 10.0. The van der Waals surface area contributed by atoms with Crippen LogP contribution in [0.2, 0.25) is 0 Å². The number of hydrogen-bond donors (Lipinski definition) is 2. The molecule has 0 bridgehead atoms. The van der Waals surface area contributed by atoms with Crippen LogP contribution in [0.25, 0.3) is 0 Å². The quantitative estimate of drug-likeness (QED) is 0.696. The van der Waals surface area contributed by atoms with E-state index in [2.05, 4.69) is 29.6 Å². The third-order valence-electron chi connectivity index (χ3n) is 6.37. The smallest absolute Gasteiger partial charge is 0.381 e. The Balaban J connectivity index is 0.000000668. The molecule has 2 N–H and O–H groups in total. The van der Waals surface area contributed by atoms with E-state index in [9.17, 15) is 18.0 Å². The molecule has 32 heavy (non-hydrogen) atoms. The SMILES string of the molecule is CCCC.O=C(C1CCC(NC2CCOCC2)C1)N1CCc2ncc(C(F)(F)F)cc2N1. The molecule has 3 aliphatic rings. The molecule has 9 heteroatoms. The summed E-state index contributed by atoms with van der Waals surface area (Å²) in [5.41, 5.74) is 2.88. The Kier molecular flexibility index (Phi) is 8.76. The highest BCUT2D eigenvalue weighted by molar-refractivity contribution is 5.81. The number of nitrogens with zero attached hydrogens (tertiary/aromatic N) is 2. The normalized spacial score (nSPS) is 23.7. The molecule has 0 aromatic carbocycles. The average Bonchev–Trinajstić information content (AvgIpc) is 3.26. The molecule has 6 nitrogen and oxygen atoms in total. The molecule has 1 saturated carbocycles. The molecule has 2 fully saturated rings. The van der Waals surface area contributed by atoms with Gasteiger partial charge in [0, 0.05) is 50.4 Å². The van der Waals surface area contributed by atoms with Gasteiger partial charge >= 0.3 is 6.18 Å². The van der Waals surface area contributed by atoms with E-state index in [0.29, 0.717) is 30.7 Å². The minimum absolute atomic E-state index is 0.0423. The van der Waals surface area contributed by atoms with Gasteiger partial charge in [0.05, 0.1) is 16.9 Å². The second-order valence-electron chi connectivity index (χ2n) is 8.83. The highest BCUT2D eigenvalue weighted by Crippen LogP contribution is 2.34. The molecule has 180 valence electrons. The molecular formula is C23H35F3N4O2. The summed E-state index contributed by atoms with van der Waals surface area (Å²) in [6, 6.07) is 1.79. The van der Waals surface area contributed by atoms with Crippen molar-refractivity contribution >= 4 is 11.6 Å². The largest absolute Gasteiger partial charge is 0.417 e. The summed E-state index contributed by atoms with van der Waals surface area (Å²) in [5, 5.41) is 5.10. The number of alkyl halides is 3. The van der Waals surface area contributed by atoms with E-state index in [0.717, 1.165) is 57.6 Å². The number of ether oxygens (including phenoxy) is 1. The zero-order valence-electron chi connectivity index (χ0n) is 19.0. The van der Waals surface area contributed by atoms with Crippen LogP contribution < -0.4 is 10.7 Å².